The molecule has 2 aliphatic rings. The number of amides is 4. The normalized spacial score (nSPS) is 12.5. The van der Waals surface area contributed by atoms with Gasteiger partial charge in [0.1, 0.15) is 23.3 Å². The van der Waals surface area contributed by atoms with Gasteiger partial charge in [-0.3, -0.25) is 38.1 Å². The third-order valence-corrected chi connectivity index (χ3v) is 25.3. The highest BCUT2D eigenvalue weighted by atomic mass is 35.5. The molecule has 5 aromatic carbocycles. The van der Waals surface area contributed by atoms with Gasteiger partial charge in [0.15, 0.2) is 23.3 Å². The van der Waals surface area contributed by atoms with E-state index >= 15 is 0 Å². The lowest BCUT2D eigenvalue weighted by Gasteiger charge is -2.14. The topological polar surface area (TPSA) is 401 Å². The molecule has 41 heteroatoms. The second-order valence-electron chi connectivity index (χ2n) is 27.2. The Kier molecular flexibility index (Phi) is 36.1. The maximum Gasteiger partial charge on any atom is 0.260 e. The van der Waals surface area contributed by atoms with Crippen molar-refractivity contribution in [2.75, 3.05) is 84.4 Å². The fraction of sp³-hybridized carbons (Fsp3) is 0.284. The standard InChI is InChI=1S/C22H22ClFN4O3S.C20H20ClFN4O3S2.C20H24ClFN4O3S.C18H20ClFN4O3S.CH4/c1-2-12-32(30,31)28-18-10-9-17(23)20(21(18)24)22(29)27-16-8-11-19(26-14-16)25-13-15-6-4-3-5-7-15;1-2-10-31(28,29)26-16-7-6-15(21)18(19(16)22)20(27)25-13-5-8-17(23-11-13)24-12-14-4-3-9-30-14;1-2-11-30(28,29)26-16-9-8-15(21)18(19(16)22)20(27)25-14-7-10-17(23-12-14)24-13-5-3-4-6-13;1-2-9-28(26,27)24-14-7-6-13(19)16(17(14)20)18(25)23-12-5-8-15(21-10-12)22-11-3-4-11;/h3-11,14,28H,2,12-13H2,1H3,(H,25,26)(H,27,29);3-9,11,26H,2,10,12H2,1H3,(H,23,24)(H,25,27);7-10,12-13,26H,2-6,11H2,1H3,(H,23,24)(H,25,27);5-8,10-11,24H,2-4,9H2,1H3,(H,21,22)(H,23,25);1H4. The molecule has 28 nitrogen and oxygen atoms in total. The van der Waals surface area contributed by atoms with Gasteiger partial charge in [-0.2, -0.15) is 0 Å². The smallest absolute Gasteiger partial charge is 0.260 e. The fourth-order valence-corrected chi connectivity index (χ4v) is 17.5. The van der Waals surface area contributed by atoms with Crippen LogP contribution in [0, 0.1) is 23.3 Å². The van der Waals surface area contributed by atoms with Gasteiger partial charge in [-0.05, 0) is 165 Å². The van der Waals surface area contributed by atoms with Gasteiger partial charge in [-0.1, -0.05) is 131 Å². The lowest BCUT2D eigenvalue weighted by molar-refractivity contribution is 0.101. The molecule has 0 saturated heterocycles. The number of hydrogen-bond donors (Lipinski definition) is 12. The van der Waals surface area contributed by atoms with Gasteiger partial charge in [0.25, 0.3) is 23.6 Å². The minimum Gasteiger partial charge on any atom is -0.367 e. The quantitative estimate of drug-likeness (QED) is 0.0167. The first-order chi connectivity index (χ1) is 57.6. The lowest BCUT2D eigenvalue weighted by Crippen LogP contribution is -2.20. The number of aromatic nitrogens is 4. The summed E-state index contributed by atoms with van der Waals surface area (Å²) in [5, 5.41) is 24.4. The Labute approximate surface area is 729 Å². The third-order valence-electron chi connectivity index (χ3n) is 17.3. The van der Waals surface area contributed by atoms with Crippen LogP contribution in [-0.2, 0) is 53.2 Å². The van der Waals surface area contributed by atoms with Crippen LogP contribution in [-0.4, -0.2) is 112 Å². The molecule has 10 aromatic rings. The van der Waals surface area contributed by atoms with E-state index in [4.69, 9.17) is 46.4 Å². The number of pyridine rings is 4. The lowest BCUT2D eigenvalue weighted by atomic mass is 10.1. The van der Waals surface area contributed by atoms with Gasteiger partial charge >= 0.3 is 0 Å². The number of anilines is 12. The first-order valence-electron chi connectivity index (χ1n) is 37.8. The summed E-state index contributed by atoms with van der Waals surface area (Å²) in [6.45, 7) is 7.97. The molecule has 2 aliphatic carbocycles. The van der Waals surface area contributed by atoms with E-state index < -0.39 is 109 Å². The number of halogens is 8. The average molecular weight is 1860 g/mol. The maximum atomic E-state index is 14.9. The fourth-order valence-electron chi connectivity index (χ4n) is 11.4. The van der Waals surface area contributed by atoms with Gasteiger partial charge in [0.2, 0.25) is 40.1 Å². The molecule has 0 unspecified atom stereocenters. The van der Waals surface area contributed by atoms with Gasteiger partial charge in [0, 0.05) is 23.5 Å². The predicted molar refractivity (Wildman–Crippen MR) is 480 cm³/mol. The molecular formula is C81H90Cl4F4N16O12S5. The van der Waals surface area contributed by atoms with Crippen molar-refractivity contribution in [2.24, 2.45) is 0 Å². The van der Waals surface area contributed by atoms with Crippen LogP contribution in [0.15, 0.2) is 170 Å². The van der Waals surface area contributed by atoms with E-state index in [0.717, 1.165) is 36.1 Å². The molecule has 5 aromatic heterocycles. The van der Waals surface area contributed by atoms with Crippen molar-refractivity contribution >= 4 is 190 Å². The van der Waals surface area contributed by atoms with Crippen LogP contribution in [0.4, 0.5) is 86.3 Å². The largest absolute Gasteiger partial charge is 0.367 e. The molecule has 5 heterocycles. The minimum atomic E-state index is -3.73. The zero-order valence-corrected chi connectivity index (χ0v) is 72.5. The summed E-state index contributed by atoms with van der Waals surface area (Å²) in [6.07, 6.45) is 14.1. The number of thiophene rings is 1. The maximum absolute atomic E-state index is 14.9. The molecule has 12 N–H and O–H groups in total. The molecule has 0 atom stereocenters. The Morgan fingerprint density at radius 2 is 0.672 bits per heavy atom. The Morgan fingerprint density at radius 1 is 0.377 bits per heavy atom. The Hall–Kier alpha value is -10.6. The predicted octanol–water partition coefficient (Wildman–Crippen LogP) is 19.0. The average Bonchev–Trinajstić information content (AvgIpc) is 1.09. The van der Waals surface area contributed by atoms with Crippen molar-refractivity contribution in [1.29, 1.82) is 0 Å². The van der Waals surface area contributed by atoms with Crippen molar-refractivity contribution in [3.05, 3.63) is 246 Å². The van der Waals surface area contributed by atoms with Crippen LogP contribution in [0.1, 0.15) is 151 Å². The molecule has 0 bridgehead atoms. The van der Waals surface area contributed by atoms with E-state index in [1.54, 1.807) is 87.6 Å². The molecule has 122 heavy (non-hydrogen) atoms. The second kappa shape index (κ2) is 45.5. The summed E-state index contributed by atoms with van der Waals surface area (Å²) in [4.78, 5) is 68.4. The van der Waals surface area contributed by atoms with E-state index in [2.05, 4.69) is 81.4 Å². The number of benzene rings is 5. The molecular weight excluding hydrogens is 1770 g/mol. The monoisotopic (exact) mass is 1850 g/mol. The van der Waals surface area contributed by atoms with Gasteiger partial charge in [-0.25, -0.2) is 71.2 Å². The summed E-state index contributed by atoms with van der Waals surface area (Å²) in [6, 6.07) is 37.7. The molecule has 12 rings (SSSR count). The van der Waals surface area contributed by atoms with Crippen LogP contribution in [0.5, 0.6) is 0 Å². The van der Waals surface area contributed by atoms with E-state index in [1.807, 2.05) is 47.8 Å². The number of sulfonamides is 4. The number of hydrogen-bond acceptors (Lipinski definition) is 21. The van der Waals surface area contributed by atoms with Gasteiger partial charge < -0.3 is 42.5 Å². The number of carbonyl (C=O) groups excluding carboxylic acids is 4. The molecule has 0 radical (unpaired) electrons. The van der Waals surface area contributed by atoms with Crippen LogP contribution in [0.3, 0.4) is 0 Å². The van der Waals surface area contributed by atoms with Gasteiger partial charge in [0.05, 0.1) is 142 Å². The first-order valence-corrected chi connectivity index (χ1v) is 46.8. The van der Waals surface area contributed by atoms with Gasteiger partial charge in [-0.15, -0.1) is 11.3 Å². The van der Waals surface area contributed by atoms with Crippen molar-refractivity contribution in [3.8, 4) is 0 Å². The van der Waals surface area contributed by atoms with E-state index in [1.165, 1.54) is 86.2 Å². The van der Waals surface area contributed by atoms with Crippen LogP contribution >= 0.6 is 57.7 Å². The number of nitrogens with one attached hydrogen (secondary N) is 12. The van der Waals surface area contributed by atoms with Crippen LogP contribution in [0.25, 0.3) is 0 Å². The molecule has 0 aliphatic heterocycles. The highest BCUT2D eigenvalue weighted by Gasteiger charge is 2.29. The molecule has 0 spiro atoms. The number of carbonyl (C=O) groups is 4. The third kappa shape index (κ3) is 29.6. The second-order valence-corrected chi connectivity index (χ2v) is 37.2. The highest BCUT2D eigenvalue weighted by Crippen LogP contribution is 2.34. The van der Waals surface area contributed by atoms with Crippen molar-refractivity contribution in [3.63, 3.8) is 0 Å². The zero-order valence-electron chi connectivity index (χ0n) is 65.4. The molecule has 4 amide bonds. The zero-order chi connectivity index (χ0) is 87.6. The summed E-state index contributed by atoms with van der Waals surface area (Å²) < 4.78 is 163. The molecule has 2 saturated carbocycles. The van der Waals surface area contributed by atoms with Crippen molar-refractivity contribution < 1.29 is 70.4 Å². The van der Waals surface area contributed by atoms with Crippen LogP contribution < -0.4 is 61.4 Å². The van der Waals surface area contributed by atoms with E-state index in [0.29, 0.717) is 96.9 Å². The summed E-state index contributed by atoms with van der Waals surface area (Å²) >= 11 is 25.6. The number of rotatable bonds is 34. The summed E-state index contributed by atoms with van der Waals surface area (Å²) in [5.41, 5.74) is -0.674. The molecule has 2 fully saturated rings. The highest BCUT2D eigenvalue weighted by molar-refractivity contribution is 7.93. The van der Waals surface area contributed by atoms with Crippen LogP contribution in [0.2, 0.25) is 20.1 Å². The first kappa shape index (κ1) is 96.8. The number of nitrogens with zero attached hydrogens (tertiary/aromatic N) is 4. The van der Waals surface area contributed by atoms with Crippen molar-refractivity contribution in [1.82, 2.24) is 19.9 Å². The van der Waals surface area contributed by atoms with E-state index in [9.17, 15) is 70.4 Å². The molecule has 652 valence electrons. The summed E-state index contributed by atoms with van der Waals surface area (Å²) in [7, 11) is -14.9. The van der Waals surface area contributed by atoms with Crippen molar-refractivity contribution in [2.45, 2.75) is 125 Å². The minimum absolute atomic E-state index is 0. The Bertz CT molecular complexity index is 5730. The Morgan fingerprint density at radius 3 is 0.943 bits per heavy atom. The summed E-state index contributed by atoms with van der Waals surface area (Å²) in [5.74, 6) is -5.48. The Balaban J connectivity index is 0.000000202. The SMILES string of the molecule is C.CCCS(=O)(=O)Nc1ccc(Cl)c(C(=O)Nc2ccc(NC3CC3)nc2)c1F.CCCS(=O)(=O)Nc1ccc(Cl)c(C(=O)Nc2ccc(NC3CCCC3)nc2)c1F.CCCS(=O)(=O)Nc1ccc(Cl)c(C(=O)Nc2ccc(NCc3ccccc3)nc2)c1F.CCCS(=O)(=O)Nc1ccc(Cl)c(C(=O)Nc2ccc(NCc3cccs3)nc2)c1F. The van der Waals surface area contributed by atoms with E-state index in [-0.39, 0.29) is 73.3 Å².